The van der Waals surface area contributed by atoms with E-state index < -0.39 is 0 Å². The number of hydrogen-bond donors (Lipinski definition) is 0. The molecule has 4 rings (SSSR count). The van der Waals surface area contributed by atoms with Gasteiger partial charge in [-0.1, -0.05) is 18.2 Å². The summed E-state index contributed by atoms with van der Waals surface area (Å²) in [6.07, 6.45) is 1.80. The van der Waals surface area contributed by atoms with Crippen LogP contribution in [0.4, 0.5) is 5.69 Å². The smallest absolute Gasteiger partial charge is 0.254 e. The molecule has 4 nitrogen and oxygen atoms in total. The Bertz CT molecular complexity index is 745. The number of aromatic nitrogens is 1. The Balaban J connectivity index is 1.46. The Hall–Kier alpha value is -2.36. The van der Waals surface area contributed by atoms with Crippen molar-refractivity contribution in [3.8, 4) is 0 Å². The molecule has 0 N–H and O–H groups in total. The van der Waals surface area contributed by atoms with Crippen molar-refractivity contribution in [3.05, 3.63) is 59.4 Å². The molecule has 3 heterocycles. The highest BCUT2D eigenvalue weighted by atomic mass is 16.2. The number of fused-ring (bicyclic) bond motifs is 1. The summed E-state index contributed by atoms with van der Waals surface area (Å²) in [5, 5.41) is 0. The molecule has 2 aromatic rings. The van der Waals surface area contributed by atoms with Crippen LogP contribution in [0, 0.1) is 25.7 Å². The zero-order valence-corrected chi connectivity index (χ0v) is 14.3. The monoisotopic (exact) mass is 321 g/mol. The van der Waals surface area contributed by atoms with Crippen LogP contribution in [-0.2, 0) is 0 Å². The Morgan fingerprint density at radius 3 is 2.38 bits per heavy atom. The molecule has 1 aromatic carbocycles. The van der Waals surface area contributed by atoms with Crippen LogP contribution >= 0.6 is 0 Å². The number of benzene rings is 1. The second-order valence-electron chi connectivity index (χ2n) is 7.11. The third kappa shape index (κ3) is 2.66. The Morgan fingerprint density at radius 1 is 1.04 bits per heavy atom. The maximum Gasteiger partial charge on any atom is 0.254 e. The van der Waals surface area contributed by atoms with Gasteiger partial charge in [-0.05, 0) is 37.6 Å². The van der Waals surface area contributed by atoms with Crippen LogP contribution in [0.15, 0.2) is 42.6 Å². The summed E-state index contributed by atoms with van der Waals surface area (Å²) >= 11 is 0. The number of carbonyl (C=O) groups excluding carboxylic acids is 1. The zero-order valence-electron chi connectivity index (χ0n) is 14.3. The van der Waals surface area contributed by atoms with Gasteiger partial charge in [0.15, 0.2) is 0 Å². The predicted octanol–water partition coefficient (Wildman–Crippen LogP) is 2.91. The Morgan fingerprint density at radius 2 is 1.71 bits per heavy atom. The minimum absolute atomic E-state index is 0.165. The first kappa shape index (κ1) is 15.2. The molecule has 1 aromatic heterocycles. The SMILES string of the molecule is Cc1cc(C(=O)N2CC3CN(c4ccccc4)CC3C2)c(C)cn1. The fourth-order valence-electron chi connectivity index (χ4n) is 4.04. The maximum atomic E-state index is 12.9. The van der Waals surface area contributed by atoms with Crippen molar-refractivity contribution in [3.63, 3.8) is 0 Å². The van der Waals surface area contributed by atoms with E-state index >= 15 is 0 Å². The molecule has 0 radical (unpaired) electrons. The number of likely N-dealkylation sites (tertiary alicyclic amines) is 1. The van der Waals surface area contributed by atoms with Crippen LogP contribution in [0.25, 0.3) is 0 Å². The van der Waals surface area contributed by atoms with Gasteiger partial charge in [0.05, 0.1) is 0 Å². The minimum atomic E-state index is 0.165. The van der Waals surface area contributed by atoms with Crippen LogP contribution < -0.4 is 4.90 Å². The van der Waals surface area contributed by atoms with Crippen molar-refractivity contribution in [2.45, 2.75) is 13.8 Å². The van der Waals surface area contributed by atoms with Gasteiger partial charge in [-0.2, -0.15) is 0 Å². The molecule has 1 amide bonds. The molecule has 2 aliphatic rings. The van der Waals surface area contributed by atoms with Gasteiger partial charge in [0.2, 0.25) is 0 Å². The fourth-order valence-corrected chi connectivity index (χ4v) is 4.04. The van der Waals surface area contributed by atoms with Gasteiger partial charge in [-0.25, -0.2) is 0 Å². The Labute approximate surface area is 143 Å². The van der Waals surface area contributed by atoms with Gasteiger partial charge in [-0.3, -0.25) is 9.78 Å². The highest BCUT2D eigenvalue weighted by Crippen LogP contribution is 2.34. The molecule has 2 aliphatic heterocycles. The molecule has 2 atom stereocenters. The van der Waals surface area contributed by atoms with Crippen molar-refractivity contribution in [2.24, 2.45) is 11.8 Å². The molecule has 4 heteroatoms. The first-order valence-electron chi connectivity index (χ1n) is 8.64. The zero-order chi connectivity index (χ0) is 16.7. The molecular weight excluding hydrogens is 298 g/mol. The number of amides is 1. The van der Waals surface area contributed by atoms with E-state index in [9.17, 15) is 4.79 Å². The lowest BCUT2D eigenvalue weighted by Crippen LogP contribution is -2.33. The normalized spacial score (nSPS) is 22.8. The summed E-state index contributed by atoms with van der Waals surface area (Å²) in [6, 6.07) is 12.5. The number of para-hydroxylation sites is 1. The van der Waals surface area contributed by atoms with Gasteiger partial charge < -0.3 is 9.80 Å². The van der Waals surface area contributed by atoms with E-state index in [0.29, 0.717) is 11.8 Å². The van der Waals surface area contributed by atoms with Gasteiger partial charge in [-0.15, -0.1) is 0 Å². The molecular formula is C20H23N3O. The highest BCUT2D eigenvalue weighted by Gasteiger charge is 2.41. The van der Waals surface area contributed by atoms with Crippen molar-refractivity contribution < 1.29 is 4.79 Å². The van der Waals surface area contributed by atoms with Crippen LogP contribution in [0.5, 0.6) is 0 Å². The lowest BCUT2D eigenvalue weighted by Gasteiger charge is -2.23. The average molecular weight is 321 g/mol. The van der Waals surface area contributed by atoms with Crippen LogP contribution in [0.1, 0.15) is 21.6 Å². The number of anilines is 1. The summed E-state index contributed by atoms with van der Waals surface area (Å²) in [7, 11) is 0. The van der Waals surface area contributed by atoms with E-state index in [4.69, 9.17) is 0 Å². The molecule has 0 bridgehead atoms. The minimum Gasteiger partial charge on any atom is -0.371 e. The van der Waals surface area contributed by atoms with Crippen molar-refractivity contribution in [1.29, 1.82) is 0 Å². The van der Waals surface area contributed by atoms with Gasteiger partial charge in [0.25, 0.3) is 5.91 Å². The van der Waals surface area contributed by atoms with Crippen LogP contribution in [0.2, 0.25) is 0 Å². The molecule has 2 fully saturated rings. The first-order chi connectivity index (χ1) is 11.6. The van der Waals surface area contributed by atoms with E-state index in [-0.39, 0.29) is 5.91 Å². The predicted molar refractivity (Wildman–Crippen MR) is 95.2 cm³/mol. The number of hydrogen-bond acceptors (Lipinski definition) is 3. The van der Waals surface area contributed by atoms with Crippen molar-refractivity contribution >= 4 is 11.6 Å². The van der Waals surface area contributed by atoms with E-state index in [1.54, 1.807) is 6.20 Å². The number of pyridine rings is 1. The highest BCUT2D eigenvalue weighted by molar-refractivity contribution is 5.95. The summed E-state index contributed by atoms with van der Waals surface area (Å²) in [6.45, 7) is 7.74. The molecule has 2 saturated heterocycles. The van der Waals surface area contributed by atoms with Gasteiger partial charge >= 0.3 is 0 Å². The number of nitrogens with zero attached hydrogens (tertiary/aromatic N) is 3. The summed E-state index contributed by atoms with van der Waals surface area (Å²) < 4.78 is 0. The summed E-state index contributed by atoms with van der Waals surface area (Å²) in [5.41, 5.74) is 3.97. The van der Waals surface area contributed by atoms with Crippen LogP contribution in [-0.4, -0.2) is 42.0 Å². The van der Waals surface area contributed by atoms with Gasteiger partial charge in [0.1, 0.15) is 0 Å². The topological polar surface area (TPSA) is 36.4 Å². The largest absolute Gasteiger partial charge is 0.371 e. The first-order valence-corrected chi connectivity index (χ1v) is 8.64. The van der Waals surface area contributed by atoms with E-state index in [2.05, 4.69) is 40.2 Å². The lowest BCUT2D eigenvalue weighted by molar-refractivity contribution is 0.0781. The van der Waals surface area contributed by atoms with E-state index in [1.165, 1.54) is 5.69 Å². The van der Waals surface area contributed by atoms with Gasteiger partial charge in [0, 0.05) is 61.2 Å². The molecule has 0 spiro atoms. The number of aryl methyl sites for hydroxylation is 2. The number of carbonyl (C=O) groups is 1. The molecule has 24 heavy (non-hydrogen) atoms. The maximum absolute atomic E-state index is 12.9. The lowest BCUT2D eigenvalue weighted by atomic mass is 10.0. The number of rotatable bonds is 2. The third-order valence-electron chi connectivity index (χ3n) is 5.37. The second kappa shape index (κ2) is 5.93. The molecule has 0 saturated carbocycles. The average Bonchev–Trinajstić information content (AvgIpc) is 3.16. The van der Waals surface area contributed by atoms with E-state index in [1.807, 2.05) is 24.8 Å². The van der Waals surface area contributed by atoms with Crippen LogP contribution in [0.3, 0.4) is 0 Å². The molecule has 124 valence electrons. The van der Waals surface area contributed by atoms with E-state index in [0.717, 1.165) is 43.0 Å². The Kier molecular flexibility index (Phi) is 3.75. The standard InChI is InChI=1S/C20H23N3O/c1-14-9-21-15(2)8-19(14)20(24)23-12-16-10-22(11-17(16)13-23)18-6-4-3-5-7-18/h3-9,16-17H,10-13H2,1-2H3. The quantitative estimate of drug-likeness (QED) is 0.853. The molecule has 0 aliphatic carbocycles. The summed E-state index contributed by atoms with van der Waals surface area (Å²) in [5.74, 6) is 1.33. The van der Waals surface area contributed by atoms with Crippen molar-refractivity contribution in [2.75, 3.05) is 31.1 Å². The second-order valence-corrected chi connectivity index (χ2v) is 7.11. The third-order valence-corrected chi connectivity index (χ3v) is 5.37. The molecule has 2 unspecified atom stereocenters. The van der Waals surface area contributed by atoms with Crippen molar-refractivity contribution in [1.82, 2.24) is 9.88 Å². The fraction of sp³-hybridized carbons (Fsp3) is 0.400. The summed E-state index contributed by atoms with van der Waals surface area (Å²) in [4.78, 5) is 21.7.